The van der Waals surface area contributed by atoms with Crippen molar-refractivity contribution in [2.24, 2.45) is 0 Å². The smallest absolute Gasteiger partial charge is 0.420 e. The number of carbonyl (C=O) groups excluding carboxylic acids is 2. The van der Waals surface area contributed by atoms with Crippen molar-refractivity contribution in [2.45, 2.75) is 40.2 Å². The molecule has 1 amide bonds. The monoisotopic (exact) mass is 566 g/mol. The van der Waals surface area contributed by atoms with Gasteiger partial charge in [-0.15, -0.1) is 0 Å². The van der Waals surface area contributed by atoms with Crippen molar-refractivity contribution in [3.63, 3.8) is 0 Å². The summed E-state index contributed by atoms with van der Waals surface area (Å²) in [5.41, 5.74) is 1.85. The van der Waals surface area contributed by atoms with Crippen LogP contribution in [0.5, 0.6) is 11.5 Å². The summed E-state index contributed by atoms with van der Waals surface area (Å²) in [6.07, 6.45) is 3.70. The Morgan fingerprint density at radius 1 is 1.10 bits per heavy atom. The lowest BCUT2D eigenvalue weighted by Crippen LogP contribution is -2.35. The fourth-order valence-corrected chi connectivity index (χ4v) is 4.49. The van der Waals surface area contributed by atoms with Gasteiger partial charge in [0, 0.05) is 18.2 Å². The van der Waals surface area contributed by atoms with E-state index in [1.54, 1.807) is 62.6 Å². The van der Waals surface area contributed by atoms with Gasteiger partial charge in [0.1, 0.15) is 16.9 Å². The molecule has 4 rings (SSSR count). The zero-order valence-electron chi connectivity index (χ0n) is 23.4. The molecule has 0 saturated carbocycles. The van der Waals surface area contributed by atoms with E-state index in [-0.39, 0.29) is 12.4 Å². The second-order valence-electron chi connectivity index (χ2n) is 9.77. The number of amides is 1. The summed E-state index contributed by atoms with van der Waals surface area (Å²) in [6, 6.07) is 8.78. The Bertz CT molecular complexity index is 1600. The largest absolute Gasteiger partial charge is 0.493 e. The lowest BCUT2D eigenvalue weighted by atomic mass is 10.1. The number of halogens is 1. The zero-order valence-corrected chi connectivity index (χ0v) is 24.2. The van der Waals surface area contributed by atoms with Crippen LogP contribution in [-0.4, -0.2) is 52.9 Å². The third-order valence-corrected chi connectivity index (χ3v) is 6.13. The number of aryl methyl sites for hydroxylation is 1. The summed E-state index contributed by atoms with van der Waals surface area (Å²) in [5.74, 6) is 0.997. The van der Waals surface area contributed by atoms with Crippen LogP contribution in [0.3, 0.4) is 0 Å². The fraction of sp³-hybridized carbons (Fsp3) is 0.310. The van der Waals surface area contributed by atoms with Gasteiger partial charge in [-0.05, 0) is 52.3 Å². The number of methoxy groups -OCH3 is 2. The summed E-state index contributed by atoms with van der Waals surface area (Å²) >= 11 is 6.67. The van der Waals surface area contributed by atoms with Crippen LogP contribution in [0.1, 0.15) is 39.1 Å². The lowest BCUT2D eigenvalue weighted by Gasteiger charge is -2.29. The number of benzene rings is 2. The Labute approximate surface area is 237 Å². The van der Waals surface area contributed by atoms with E-state index in [2.05, 4.69) is 4.98 Å². The van der Waals surface area contributed by atoms with Gasteiger partial charge in [-0.1, -0.05) is 23.7 Å². The van der Waals surface area contributed by atoms with E-state index in [9.17, 15) is 9.59 Å². The normalized spacial score (nSPS) is 11.7. The maximum absolute atomic E-state index is 13.8. The van der Waals surface area contributed by atoms with Gasteiger partial charge in [-0.25, -0.2) is 24.5 Å². The van der Waals surface area contributed by atoms with Crippen LogP contribution >= 0.6 is 11.6 Å². The van der Waals surface area contributed by atoms with E-state index in [4.69, 9.17) is 35.5 Å². The van der Waals surface area contributed by atoms with E-state index < -0.39 is 17.7 Å². The molecular weight excluding hydrogens is 536 g/mol. The first-order chi connectivity index (χ1) is 19.0. The van der Waals surface area contributed by atoms with Crippen LogP contribution in [0, 0.1) is 6.92 Å². The fourth-order valence-electron chi connectivity index (χ4n) is 4.19. The topological polar surface area (TPSA) is 104 Å². The van der Waals surface area contributed by atoms with Gasteiger partial charge < -0.3 is 18.9 Å². The minimum Gasteiger partial charge on any atom is -0.493 e. The van der Waals surface area contributed by atoms with Crippen LogP contribution in [-0.2, 0) is 14.3 Å². The van der Waals surface area contributed by atoms with Gasteiger partial charge >= 0.3 is 12.1 Å². The highest BCUT2D eigenvalue weighted by Crippen LogP contribution is 2.40. The second-order valence-corrected chi connectivity index (χ2v) is 10.2. The molecule has 0 unspecified atom stereocenters. The Balaban J connectivity index is 2.10. The first-order valence-electron chi connectivity index (χ1n) is 12.5. The van der Waals surface area contributed by atoms with Gasteiger partial charge in [0.05, 0.1) is 48.8 Å². The minimum absolute atomic E-state index is 0.216. The molecule has 0 bridgehead atoms. The van der Waals surface area contributed by atoms with Gasteiger partial charge in [-0.3, -0.25) is 4.40 Å². The Morgan fingerprint density at radius 3 is 2.42 bits per heavy atom. The van der Waals surface area contributed by atoms with Gasteiger partial charge in [0.2, 0.25) is 0 Å². The van der Waals surface area contributed by atoms with Crippen molar-refractivity contribution in [3.05, 3.63) is 59.0 Å². The molecule has 11 heteroatoms. The van der Waals surface area contributed by atoms with E-state index in [1.807, 2.05) is 13.0 Å². The average Bonchev–Trinajstić information content (AvgIpc) is 3.32. The number of anilines is 2. The Kier molecular flexibility index (Phi) is 8.20. The molecule has 0 radical (unpaired) electrons. The number of imidazole rings is 1. The van der Waals surface area contributed by atoms with Gasteiger partial charge in [-0.2, -0.15) is 0 Å². The van der Waals surface area contributed by atoms with Crippen molar-refractivity contribution in [1.29, 1.82) is 0 Å². The predicted octanol–water partition coefficient (Wildman–Crippen LogP) is 6.51. The van der Waals surface area contributed by atoms with Gasteiger partial charge in [0.25, 0.3) is 0 Å². The summed E-state index contributed by atoms with van der Waals surface area (Å²) in [4.78, 5) is 36.7. The molecule has 0 aliphatic heterocycles. The highest BCUT2D eigenvalue weighted by atomic mass is 35.5. The molecule has 2 aromatic carbocycles. The number of rotatable bonds is 7. The molecule has 0 spiro atoms. The standard InChI is InChI=1S/C29H31ClN4O6/c1-8-39-25(35)13-12-24-31-16-21-27(32-19-14-22(37-6)23(38-7)15-20(19)33(21)24)34(28(36)40-29(3,4)5)26-17(2)10-9-11-18(26)30/h9-16H,8H2,1-7H3/b13-12+. The number of nitrogens with zero attached hydrogens (tertiary/aromatic N) is 4. The van der Waals surface area contributed by atoms with Crippen LogP contribution in [0.25, 0.3) is 22.6 Å². The SMILES string of the molecule is CCOC(=O)/C=C/c1ncc2c(N(C(=O)OC(C)(C)C)c3c(C)cccc3Cl)nc3cc(OC)c(OC)cc3n12. The number of hydrogen-bond acceptors (Lipinski definition) is 8. The lowest BCUT2D eigenvalue weighted by molar-refractivity contribution is -0.137. The summed E-state index contributed by atoms with van der Waals surface area (Å²) < 4.78 is 23.7. The van der Waals surface area contributed by atoms with E-state index in [0.717, 1.165) is 5.56 Å². The highest BCUT2D eigenvalue weighted by Gasteiger charge is 2.31. The third kappa shape index (κ3) is 5.67. The van der Waals surface area contributed by atoms with Crippen LogP contribution in [0.2, 0.25) is 5.02 Å². The number of aromatic nitrogens is 3. The van der Waals surface area contributed by atoms with Crippen LogP contribution in [0.15, 0.2) is 42.6 Å². The number of carbonyl (C=O) groups is 2. The van der Waals surface area contributed by atoms with E-state index in [0.29, 0.717) is 44.6 Å². The molecule has 40 heavy (non-hydrogen) atoms. The molecule has 2 heterocycles. The first-order valence-corrected chi connectivity index (χ1v) is 12.9. The molecule has 2 aromatic heterocycles. The van der Waals surface area contributed by atoms with Crippen molar-refractivity contribution >= 4 is 57.8 Å². The van der Waals surface area contributed by atoms with Crippen molar-refractivity contribution in [2.75, 3.05) is 25.7 Å². The Morgan fingerprint density at radius 2 is 1.80 bits per heavy atom. The Hall–Kier alpha value is -4.31. The number of hydrogen-bond donors (Lipinski definition) is 0. The molecule has 10 nitrogen and oxygen atoms in total. The van der Waals surface area contributed by atoms with Crippen LogP contribution in [0.4, 0.5) is 16.3 Å². The van der Waals surface area contributed by atoms with Crippen LogP contribution < -0.4 is 14.4 Å². The first kappa shape index (κ1) is 28.7. The number of esters is 1. The molecular formula is C29H31ClN4O6. The molecule has 0 atom stereocenters. The molecule has 0 fully saturated rings. The molecule has 0 N–H and O–H groups in total. The van der Waals surface area contributed by atoms with Crippen molar-refractivity contribution < 1.29 is 28.5 Å². The molecule has 0 saturated heterocycles. The maximum atomic E-state index is 13.8. The third-order valence-electron chi connectivity index (χ3n) is 5.82. The quantitative estimate of drug-likeness (QED) is 0.184. The molecule has 0 aliphatic carbocycles. The highest BCUT2D eigenvalue weighted by molar-refractivity contribution is 6.34. The summed E-state index contributed by atoms with van der Waals surface area (Å²) in [6.45, 7) is 9.14. The maximum Gasteiger partial charge on any atom is 0.420 e. The molecule has 0 aliphatic rings. The average molecular weight is 567 g/mol. The zero-order chi connectivity index (χ0) is 29.2. The van der Waals surface area contributed by atoms with E-state index in [1.165, 1.54) is 31.3 Å². The second kappa shape index (κ2) is 11.4. The molecule has 210 valence electrons. The minimum atomic E-state index is -0.804. The predicted molar refractivity (Wildman–Crippen MR) is 154 cm³/mol. The summed E-state index contributed by atoms with van der Waals surface area (Å²) in [5, 5.41) is 0.333. The molecule has 4 aromatic rings. The van der Waals surface area contributed by atoms with Crippen molar-refractivity contribution in [3.8, 4) is 11.5 Å². The number of para-hydroxylation sites is 1. The van der Waals surface area contributed by atoms with Gasteiger partial charge in [0.15, 0.2) is 17.3 Å². The number of ether oxygens (including phenoxy) is 4. The van der Waals surface area contributed by atoms with E-state index >= 15 is 0 Å². The number of fused-ring (bicyclic) bond motifs is 3. The summed E-state index contributed by atoms with van der Waals surface area (Å²) in [7, 11) is 3.05. The van der Waals surface area contributed by atoms with Crippen molar-refractivity contribution in [1.82, 2.24) is 14.4 Å².